The maximum absolute atomic E-state index is 13.2. The van der Waals surface area contributed by atoms with Gasteiger partial charge in [0.15, 0.2) is 11.6 Å². The van der Waals surface area contributed by atoms with E-state index in [1.54, 1.807) is 6.07 Å². The summed E-state index contributed by atoms with van der Waals surface area (Å²) in [6, 6.07) is 13.0. The summed E-state index contributed by atoms with van der Waals surface area (Å²) in [4.78, 5) is 0. The van der Waals surface area contributed by atoms with Crippen LogP contribution in [0.1, 0.15) is 5.56 Å². The first kappa shape index (κ1) is 15.1. The van der Waals surface area contributed by atoms with Crippen molar-refractivity contribution in [3.05, 3.63) is 65.7 Å². The molecule has 0 radical (unpaired) electrons. The summed E-state index contributed by atoms with van der Waals surface area (Å²) in [5.41, 5.74) is 2.16. The number of phenols is 1. The Bertz CT molecular complexity index is 865. The molecule has 0 aromatic heterocycles. The first-order chi connectivity index (χ1) is 11.1. The zero-order valence-electron chi connectivity index (χ0n) is 12.5. The van der Waals surface area contributed by atoms with Crippen LogP contribution in [-0.2, 0) is 0 Å². The average Bonchev–Trinajstić information content (AvgIpc) is 2.53. The molecule has 0 fully saturated rings. The Morgan fingerprint density at radius 1 is 0.913 bits per heavy atom. The Hall–Kier alpha value is -2.82. The summed E-state index contributed by atoms with van der Waals surface area (Å²) in [5, 5.41) is 18.0. The minimum Gasteiger partial charge on any atom is -0.506 e. The highest BCUT2D eigenvalue weighted by atomic mass is 19.2. The van der Waals surface area contributed by atoms with Gasteiger partial charge in [-0.15, -0.1) is 0 Å². The normalized spacial score (nSPS) is 10.7. The van der Waals surface area contributed by atoms with Crippen LogP contribution in [0.15, 0.2) is 48.5 Å². The van der Waals surface area contributed by atoms with Crippen molar-refractivity contribution in [3.8, 4) is 5.75 Å². The quantitative estimate of drug-likeness (QED) is 0.486. The van der Waals surface area contributed by atoms with Crippen molar-refractivity contribution in [2.45, 2.75) is 6.92 Å². The summed E-state index contributed by atoms with van der Waals surface area (Å²) in [7, 11) is 0. The smallest absolute Gasteiger partial charge is 0.160 e. The van der Waals surface area contributed by atoms with E-state index in [-0.39, 0.29) is 12.4 Å². The Kier molecular flexibility index (Phi) is 4.02. The van der Waals surface area contributed by atoms with Crippen LogP contribution < -0.4 is 10.6 Å². The molecule has 0 atom stereocenters. The molecule has 3 nitrogen and oxygen atoms in total. The van der Waals surface area contributed by atoms with E-state index in [2.05, 4.69) is 10.6 Å². The average molecular weight is 314 g/mol. The van der Waals surface area contributed by atoms with Gasteiger partial charge >= 0.3 is 0 Å². The van der Waals surface area contributed by atoms with E-state index in [1.165, 1.54) is 6.07 Å². The lowest BCUT2D eigenvalue weighted by molar-refractivity contribution is 0.478. The van der Waals surface area contributed by atoms with E-state index < -0.39 is 11.6 Å². The zero-order chi connectivity index (χ0) is 16.4. The van der Waals surface area contributed by atoms with E-state index in [9.17, 15) is 13.9 Å². The first-order valence-corrected chi connectivity index (χ1v) is 7.20. The molecular weight excluding hydrogens is 298 g/mol. The number of halogens is 2. The van der Waals surface area contributed by atoms with Gasteiger partial charge in [0.25, 0.3) is 0 Å². The fraction of sp³-hybridized carbons (Fsp3) is 0.111. The van der Waals surface area contributed by atoms with Gasteiger partial charge in [-0.3, -0.25) is 0 Å². The van der Waals surface area contributed by atoms with Crippen molar-refractivity contribution in [1.29, 1.82) is 0 Å². The number of anilines is 2. The zero-order valence-corrected chi connectivity index (χ0v) is 12.5. The first-order valence-electron chi connectivity index (χ1n) is 7.20. The van der Waals surface area contributed by atoms with E-state index in [1.807, 2.05) is 31.2 Å². The number of nitrogens with one attached hydrogen (secondary N) is 2. The molecule has 3 aromatic carbocycles. The maximum Gasteiger partial charge on any atom is 0.160 e. The molecule has 0 saturated heterocycles. The number of fused-ring (bicyclic) bond motifs is 1. The summed E-state index contributed by atoms with van der Waals surface area (Å²) in [6.07, 6.45) is 0. The number of phenolic OH excluding ortho intramolecular Hbond substituents is 1. The lowest BCUT2D eigenvalue weighted by Gasteiger charge is -2.14. The van der Waals surface area contributed by atoms with Crippen molar-refractivity contribution in [2.75, 3.05) is 17.3 Å². The van der Waals surface area contributed by atoms with Gasteiger partial charge in [0.2, 0.25) is 0 Å². The molecule has 5 heteroatoms. The third kappa shape index (κ3) is 3.04. The van der Waals surface area contributed by atoms with E-state index >= 15 is 0 Å². The van der Waals surface area contributed by atoms with E-state index in [4.69, 9.17) is 0 Å². The molecule has 0 aliphatic heterocycles. The third-order valence-corrected chi connectivity index (χ3v) is 3.73. The SMILES string of the molecule is Cc1cccc2c(NCNc3ccc(F)c(F)c3)c(O)ccc12. The molecule has 3 N–H and O–H groups in total. The van der Waals surface area contributed by atoms with E-state index in [0.717, 1.165) is 28.5 Å². The predicted octanol–water partition coefficient (Wildman–Crippen LogP) is 4.61. The summed E-state index contributed by atoms with van der Waals surface area (Å²) >= 11 is 0. The minimum absolute atomic E-state index is 0.134. The number of rotatable bonds is 4. The Balaban J connectivity index is 1.80. The van der Waals surface area contributed by atoms with Crippen LogP contribution in [0.4, 0.5) is 20.2 Å². The fourth-order valence-corrected chi connectivity index (χ4v) is 2.53. The van der Waals surface area contributed by atoms with Crippen LogP contribution in [0.2, 0.25) is 0 Å². The van der Waals surface area contributed by atoms with Gasteiger partial charge in [0, 0.05) is 17.1 Å². The molecule has 118 valence electrons. The largest absolute Gasteiger partial charge is 0.506 e. The van der Waals surface area contributed by atoms with Gasteiger partial charge in [0.05, 0.1) is 12.4 Å². The van der Waals surface area contributed by atoms with Crippen LogP contribution in [0, 0.1) is 18.6 Å². The molecule has 0 aliphatic carbocycles. The number of aryl methyl sites for hydroxylation is 1. The number of hydrogen-bond donors (Lipinski definition) is 3. The second-order valence-electron chi connectivity index (χ2n) is 5.29. The highest BCUT2D eigenvalue weighted by molar-refractivity contribution is 5.98. The molecule has 0 aliphatic rings. The van der Waals surface area contributed by atoms with Gasteiger partial charge in [-0.2, -0.15) is 0 Å². The molecule has 23 heavy (non-hydrogen) atoms. The van der Waals surface area contributed by atoms with Crippen LogP contribution in [-0.4, -0.2) is 11.8 Å². The fourth-order valence-electron chi connectivity index (χ4n) is 2.53. The lowest BCUT2D eigenvalue weighted by atomic mass is 10.0. The van der Waals surface area contributed by atoms with Gasteiger partial charge in [-0.05, 0) is 36.1 Å². The van der Waals surface area contributed by atoms with Crippen LogP contribution in [0.5, 0.6) is 5.75 Å². The monoisotopic (exact) mass is 314 g/mol. The van der Waals surface area contributed by atoms with Crippen LogP contribution >= 0.6 is 0 Å². The summed E-state index contributed by atoms with van der Waals surface area (Å²) < 4.78 is 26.1. The van der Waals surface area contributed by atoms with Crippen molar-refractivity contribution in [3.63, 3.8) is 0 Å². The highest BCUT2D eigenvalue weighted by Crippen LogP contribution is 2.33. The maximum atomic E-state index is 13.2. The van der Waals surface area contributed by atoms with Crippen LogP contribution in [0.3, 0.4) is 0 Å². The lowest BCUT2D eigenvalue weighted by Crippen LogP contribution is -2.12. The molecule has 0 spiro atoms. The Labute approximate surface area is 132 Å². The molecular formula is C18H16F2N2O. The van der Waals surface area contributed by atoms with Gasteiger partial charge in [0.1, 0.15) is 5.75 Å². The standard InChI is InChI=1S/C18H16F2N2O/c1-11-3-2-4-14-13(11)6-8-17(23)18(14)22-10-21-12-5-7-15(19)16(20)9-12/h2-9,21-23H,10H2,1H3. The van der Waals surface area contributed by atoms with E-state index in [0.29, 0.717) is 11.4 Å². The molecule has 0 amide bonds. The molecule has 0 heterocycles. The van der Waals surface area contributed by atoms with Crippen molar-refractivity contribution in [2.24, 2.45) is 0 Å². The molecule has 0 saturated carbocycles. The molecule has 3 rings (SSSR count). The molecule has 0 unspecified atom stereocenters. The number of aromatic hydroxyl groups is 1. The summed E-state index contributed by atoms with van der Waals surface area (Å²) in [5.74, 6) is -1.65. The molecule has 3 aromatic rings. The minimum atomic E-state index is -0.904. The van der Waals surface area contributed by atoms with Gasteiger partial charge in [-0.25, -0.2) is 8.78 Å². The third-order valence-electron chi connectivity index (χ3n) is 3.73. The van der Waals surface area contributed by atoms with Crippen molar-refractivity contribution < 1.29 is 13.9 Å². The van der Waals surface area contributed by atoms with Crippen molar-refractivity contribution in [1.82, 2.24) is 0 Å². The van der Waals surface area contributed by atoms with Gasteiger partial charge in [-0.1, -0.05) is 24.3 Å². The Morgan fingerprint density at radius 3 is 2.52 bits per heavy atom. The highest BCUT2D eigenvalue weighted by Gasteiger charge is 2.08. The van der Waals surface area contributed by atoms with Crippen LogP contribution in [0.25, 0.3) is 10.8 Å². The second kappa shape index (κ2) is 6.12. The topological polar surface area (TPSA) is 44.3 Å². The summed E-state index contributed by atoms with van der Waals surface area (Å²) in [6.45, 7) is 2.26. The van der Waals surface area contributed by atoms with Crippen molar-refractivity contribution >= 4 is 22.1 Å². The number of benzene rings is 3. The number of hydrogen-bond acceptors (Lipinski definition) is 3. The second-order valence-corrected chi connectivity index (χ2v) is 5.29. The Morgan fingerprint density at radius 2 is 1.74 bits per heavy atom. The predicted molar refractivity (Wildman–Crippen MR) is 88.8 cm³/mol. The van der Waals surface area contributed by atoms with Gasteiger partial charge < -0.3 is 15.7 Å². The molecule has 0 bridgehead atoms.